The van der Waals surface area contributed by atoms with Crippen molar-refractivity contribution in [3.8, 4) is 22.4 Å². The van der Waals surface area contributed by atoms with Crippen molar-refractivity contribution in [2.24, 2.45) is 0 Å². The minimum absolute atomic E-state index is 0.0223. The van der Waals surface area contributed by atoms with Crippen molar-refractivity contribution in [3.05, 3.63) is 100 Å². The fraction of sp³-hybridized carbons (Fsp3) is 0.0667. The molecule has 0 atom stereocenters. The van der Waals surface area contributed by atoms with Gasteiger partial charge in [0, 0.05) is 22.8 Å². The van der Waals surface area contributed by atoms with E-state index in [2.05, 4.69) is 31.2 Å². The standard InChI is InChI=1S/C30H21BrN6O3/c1-37(24(38)13-18-5-3-7-21-25(18)30(40)36-29(21)39)20-10-8-16(9-11-20)23-14-22(17-4-2-6-19(31)12-17)26-27(32)33-15-34-28(26)35-23/h2-12,14-15H,13H2,1H3,(H,36,39,40)(H2,32,33,34,35). The Morgan fingerprint density at radius 2 is 1.70 bits per heavy atom. The fourth-order valence-corrected chi connectivity index (χ4v) is 5.24. The molecule has 0 saturated carbocycles. The molecule has 5 aromatic rings. The third-order valence-corrected chi connectivity index (χ3v) is 7.38. The van der Waals surface area contributed by atoms with Crippen molar-refractivity contribution in [3.63, 3.8) is 0 Å². The van der Waals surface area contributed by atoms with Gasteiger partial charge in [-0.3, -0.25) is 19.7 Å². The molecule has 3 amide bonds. The van der Waals surface area contributed by atoms with Crippen LogP contribution in [0.3, 0.4) is 0 Å². The number of fused-ring (bicyclic) bond motifs is 2. The van der Waals surface area contributed by atoms with Gasteiger partial charge in [-0.05, 0) is 53.1 Å². The minimum Gasteiger partial charge on any atom is -0.383 e. The van der Waals surface area contributed by atoms with E-state index in [0.29, 0.717) is 39.4 Å². The van der Waals surface area contributed by atoms with E-state index < -0.39 is 11.8 Å². The number of rotatable bonds is 5. The normalized spacial score (nSPS) is 12.3. The predicted octanol–water partition coefficient (Wildman–Crippen LogP) is 4.79. The summed E-state index contributed by atoms with van der Waals surface area (Å²) in [5.41, 5.74) is 11.8. The first kappa shape index (κ1) is 25.3. The molecular formula is C30H21BrN6O3. The van der Waals surface area contributed by atoms with Crippen LogP contribution in [0.15, 0.2) is 83.6 Å². The maximum atomic E-state index is 13.1. The molecule has 0 aliphatic carbocycles. The largest absolute Gasteiger partial charge is 0.383 e. The van der Waals surface area contributed by atoms with Crippen molar-refractivity contribution in [1.29, 1.82) is 0 Å². The summed E-state index contributed by atoms with van der Waals surface area (Å²) in [4.78, 5) is 52.1. The number of carbonyl (C=O) groups excluding carboxylic acids is 3. The molecular weight excluding hydrogens is 572 g/mol. The second kappa shape index (κ2) is 9.97. The Kier molecular flexibility index (Phi) is 6.31. The van der Waals surface area contributed by atoms with Gasteiger partial charge in [-0.1, -0.05) is 52.3 Å². The van der Waals surface area contributed by atoms with Crippen LogP contribution in [0.1, 0.15) is 26.3 Å². The second-order valence-corrected chi connectivity index (χ2v) is 10.2. The van der Waals surface area contributed by atoms with Gasteiger partial charge in [0.05, 0.1) is 28.6 Å². The highest BCUT2D eigenvalue weighted by molar-refractivity contribution is 9.10. The molecule has 0 bridgehead atoms. The molecule has 0 spiro atoms. The van der Waals surface area contributed by atoms with Gasteiger partial charge < -0.3 is 10.6 Å². The third kappa shape index (κ3) is 4.48. The van der Waals surface area contributed by atoms with E-state index >= 15 is 0 Å². The topological polar surface area (TPSA) is 131 Å². The highest BCUT2D eigenvalue weighted by Crippen LogP contribution is 2.35. The summed E-state index contributed by atoms with van der Waals surface area (Å²) in [6, 6.07) is 22.2. The number of aromatic nitrogens is 3. The van der Waals surface area contributed by atoms with E-state index in [1.165, 1.54) is 11.2 Å². The smallest absolute Gasteiger partial charge is 0.259 e. The van der Waals surface area contributed by atoms with Gasteiger partial charge in [-0.2, -0.15) is 0 Å². The Labute approximate surface area is 237 Å². The number of pyridine rings is 1. The highest BCUT2D eigenvalue weighted by atomic mass is 79.9. The Balaban J connectivity index is 1.31. The number of likely N-dealkylation sites (N-methyl/N-ethyl adjacent to an activating group) is 1. The number of nitrogens with zero attached hydrogens (tertiary/aromatic N) is 4. The van der Waals surface area contributed by atoms with Crippen LogP contribution in [0, 0.1) is 0 Å². The molecule has 0 unspecified atom stereocenters. The number of anilines is 2. The molecule has 2 aromatic heterocycles. The monoisotopic (exact) mass is 592 g/mol. The lowest BCUT2D eigenvalue weighted by Gasteiger charge is -2.18. The lowest BCUT2D eigenvalue weighted by molar-refractivity contribution is -0.117. The lowest BCUT2D eigenvalue weighted by Crippen LogP contribution is -2.28. The summed E-state index contributed by atoms with van der Waals surface area (Å²) < 4.78 is 0.927. The van der Waals surface area contributed by atoms with E-state index in [1.54, 1.807) is 25.2 Å². The average molecular weight is 593 g/mol. The van der Waals surface area contributed by atoms with Gasteiger partial charge in [0.2, 0.25) is 5.91 Å². The minimum atomic E-state index is -0.479. The molecule has 6 rings (SSSR count). The molecule has 3 N–H and O–H groups in total. The number of benzene rings is 3. The van der Waals surface area contributed by atoms with Crippen molar-refractivity contribution >= 4 is 56.2 Å². The fourth-order valence-electron chi connectivity index (χ4n) is 4.84. The number of hydrogen-bond donors (Lipinski definition) is 2. The molecule has 0 saturated heterocycles. The molecule has 196 valence electrons. The van der Waals surface area contributed by atoms with Crippen molar-refractivity contribution < 1.29 is 14.4 Å². The van der Waals surface area contributed by atoms with Gasteiger partial charge in [0.1, 0.15) is 12.1 Å². The average Bonchev–Trinajstić information content (AvgIpc) is 3.26. The van der Waals surface area contributed by atoms with E-state index in [1.807, 2.05) is 54.6 Å². The van der Waals surface area contributed by atoms with Gasteiger partial charge in [-0.25, -0.2) is 15.0 Å². The van der Waals surface area contributed by atoms with Crippen LogP contribution < -0.4 is 16.0 Å². The lowest BCUT2D eigenvalue weighted by atomic mass is 9.99. The quantitative estimate of drug-likeness (QED) is 0.280. The summed E-state index contributed by atoms with van der Waals surface area (Å²) in [5, 5.41) is 2.96. The van der Waals surface area contributed by atoms with Crippen LogP contribution in [0.4, 0.5) is 11.5 Å². The first-order valence-electron chi connectivity index (χ1n) is 12.3. The number of halogens is 1. The Morgan fingerprint density at radius 3 is 2.48 bits per heavy atom. The number of nitrogens with two attached hydrogens (primary N) is 1. The molecule has 0 fully saturated rings. The Morgan fingerprint density at radius 1 is 0.925 bits per heavy atom. The summed E-state index contributed by atoms with van der Waals surface area (Å²) in [6.45, 7) is 0. The maximum absolute atomic E-state index is 13.1. The molecule has 3 aromatic carbocycles. The zero-order valence-corrected chi connectivity index (χ0v) is 22.8. The number of nitrogens with one attached hydrogen (secondary N) is 1. The summed E-state index contributed by atoms with van der Waals surface area (Å²) >= 11 is 3.53. The summed E-state index contributed by atoms with van der Waals surface area (Å²) in [7, 11) is 1.67. The number of amides is 3. The van der Waals surface area contributed by atoms with Crippen LogP contribution >= 0.6 is 15.9 Å². The van der Waals surface area contributed by atoms with Crippen LogP contribution in [0.25, 0.3) is 33.4 Å². The van der Waals surface area contributed by atoms with Crippen molar-refractivity contribution in [2.45, 2.75) is 6.42 Å². The molecule has 3 heterocycles. The van der Waals surface area contributed by atoms with Gasteiger partial charge >= 0.3 is 0 Å². The second-order valence-electron chi connectivity index (χ2n) is 9.32. The first-order chi connectivity index (χ1) is 19.3. The van der Waals surface area contributed by atoms with Gasteiger partial charge in [0.15, 0.2) is 5.65 Å². The number of hydrogen-bond acceptors (Lipinski definition) is 7. The molecule has 1 aliphatic rings. The molecule has 40 heavy (non-hydrogen) atoms. The maximum Gasteiger partial charge on any atom is 0.259 e. The van der Waals surface area contributed by atoms with Crippen LogP contribution in [-0.4, -0.2) is 39.7 Å². The number of nitrogen functional groups attached to an aromatic ring is 1. The summed E-state index contributed by atoms with van der Waals surface area (Å²) in [5.74, 6) is -0.799. The first-order valence-corrected chi connectivity index (χ1v) is 13.1. The Hall–Kier alpha value is -4.96. The van der Waals surface area contributed by atoms with Gasteiger partial charge in [0.25, 0.3) is 11.8 Å². The van der Waals surface area contributed by atoms with Crippen molar-refractivity contribution in [1.82, 2.24) is 20.3 Å². The van der Waals surface area contributed by atoms with E-state index in [0.717, 1.165) is 21.2 Å². The van der Waals surface area contributed by atoms with E-state index in [9.17, 15) is 14.4 Å². The summed E-state index contributed by atoms with van der Waals surface area (Å²) in [6.07, 6.45) is 1.37. The zero-order chi connectivity index (χ0) is 28.0. The molecule has 1 aliphatic heterocycles. The number of carbonyl (C=O) groups is 3. The van der Waals surface area contributed by atoms with E-state index in [4.69, 9.17) is 10.7 Å². The molecule has 9 nitrogen and oxygen atoms in total. The van der Waals surface area contributed by atoms with Gasteiger partial charge in [-0.15, -0.1) is 0 Å². The predicted molar refractivity (Wildman–Crippen MR) is 156 cm³/mol. The van der Waals surface area contributed by atoms with Crippen LogP contribution in [0.5, 0.6) is 0 Å². The zero-order valence-electron chi connectivity index (χ0n) is 21.2. The van der Waals surface area contributed by atoms with E-state index in [-0.39, 0.29) is 17.9 Å². The Bertz CT molecular complexity index is 1860. The number of imide groups is 1. The van der Waals surface area contributed by atoms with Crippen LogP contribution in [-0.2, 0) is 11.2 Å². The highest BCUT2D eigenvalue weighted by Gasteiger charge is 2.30. The molecule has 10 heteroatoms. The third-order valence-electron chi connectivity index (χ3n) is 6.88. The SMILES string of the molecule is CN(C(=O)Cc1cccc2c1C(=O)NC2=O)c1ccc(-c2cc(-c3cccc(Br)c3)c3c(N)ncnc3n2)cc1. The molecule has 0 radical (unpaired) electrons. The van der Waals surface area contributed by atoms with Crippen molar-refractivity contribution in [2.75, 3.05) is 17.7 Å². The van der Waals surface area contributed by atoms with Crippen LogP contribution in [0.2, 0.25) is 0 Å².